The SMILES string of the molecule is COc1ccccc1N(C)c1cccc(F)c1C=O. The maximum absolute atomic E-state index is 13.6. The maximum atomic E-state index is 13.6. The number of nitrogens with zero attached hydrogens (tertiary/aromatic N) is 1. The highest BCUT2D eigenvalue weighted by Crippen LogP contribution is 2.33. The normalized spacial score (nSPS) is 10.1. The zero-order valence-electron chi connectivity index (χ0n) is 10.8. The van der Waals surface area contributed by atoms with E-state index < -0.39 is 5.82 Å². The standard InChI is InChI=1S/C15H14FNO2/c1-17(14-7-3-4-9-15(14)19-2)13-8-5-6-12(16)11(13)10-18/h3-10H,1-2H3. The van der Waals surface area contributed by atoms with E-state index in [0.29, 0.717) is 17.7 Å². The second-order valence-corrected chi connectivity index (χ2v) is 4.02. The third kappa shape index (κ3) is 2.42. The summed E-state index contributed by atoms with van der Waals surface area (Å²) in [7, 11) is 3.33. The molecule has 0 atom stereocenters. The second kappa shape index (κ2) is 5.52. The Morgan fingerprint density at radius 2 is 1.79 bits per heavy atom. The van der Waals surface area contributed by atoms with Gasteiger partial charge in [0.15, 0.2) is 6.29 Å². The van der Waals surface area contributed by atoms with Gasteiger partial charge in [-0.15, -0.1) is 0 Å². The second-order valence-electron chi connectivity index (χ2n) is 4.02. The third-order valence-corrected chi connectivity index (χ3v) is 2.96. The lowest BCUT2D eigenvalue weighted by atomic mass is 10.1. The van der Waals surface area contributed by atoms with Gasteiger partial charge in [0.1, 0.15) is 11.6 Å². The lowest BCUT2D eigenvalue weighted by Gasteiger charge is -2.23. The van der Waals surface area contributed by atoms with Gasteiger partial charge in [-0.25, -0.2) is 4.39 Å². The van der Waals surface area contributed by atoms with E-state index in [1.165, 1.54) is 6.07 Å². The first-order chi connectivity index (χ1) is 9.19. The Morgan fingerprint density at radius 3 is 2.47 bits per heavy atom. The Labute approximate surface area is 111 Å². The molecule has 2 aromatic rings. The van der Waals surface area contributed by atoms with Crippen LogP contribution in [-0.2, 0) is 0 Å². The molecule has 0 unspecified atom stereocenters. The number of anilines is 2. The van der Waals surface area contributed by atoms with Crippen LogP contribution in [0.3, 0.4) is 0 Å². The predicted octanol–water partition coefficient (Wildman–Crippen LogP) is 3.41. The molecule has 19 heavy (non-hydrogen) atoms. The van der Waals surface area contributed by atoms with Crippen molar-refractivity contribution in [1.29, 1.82) is 0 Å². The van der Waals surface area contributed by atoms with Gasteiger partial charge in [-0.3, -0.25) is 4.79 Å². The smallest absolute Gasteiger partial charge is 0.155 e. The van der Waals surface area contributed by atoms with E-state index in [1.54, 1.807) is 31.2 Å². The Bertz CT molecular complexity index is 598. The molecule has 0 N–H and O–H groups in total. The lowest BCUT2D eigenvalue weighted by Crippen LogP contribution is -2.13. The summed E-state index contributed by atoms with van der Waals surface area (Å²) in [4.78, 5) is 12.8. The van der Waals surface area contributed by atoms with Gasteiger partial charge in [0.2, 0.25) is 0 Å². The minimum atomic E-state index is -0.533. The number of halogens is 1. The number of carbonyl (C=O) groups is 1. The van der Waals surface area contributed by atoms with Gasteiger partial charge >= 0.3 is 0 Å². The molecule has 0 saturated carbocycles. The van der Waals surface area contributed by atoms with Gasteiger partial charge in [0.25, 0.3) is 0 Å². The van der Waals surface area contributed by atoms with Crippen molar-refractivity contribution in [2.24, 2.45) is 0 Å². The van der Waals surface area contributed by atoms with E-state index in [-0.39, 0.29) is 5.56 Å². The van der Waals surface area contributed by atoms with Crippen LogP contribution in [0.4, 0.5) is 15.8 Å². The number of methoxy groups -OCH3 is 1. The molecule has 0 spiro atoms. The Morgan fingerprint density at radius 1 is 1.11 bits per heavy atom. The number of carbonyl (C=O) groups excluding carboxylic acids is 1. The largest absolute Gasteiger partial charge is 0.495 e. The number of para-hydroxylation sites is 2. The molecule has 2 aromatic carbocycles. The zero-order valence-corrected chi connectivity index (χ0v) is 10.8. The first-order valence-corrected chi connectivity index (χ1v) is 5.79. The highest BCUT2D eigenvalue weighted by atomic mass is 19.1. The van der Waals surface area contributed by atoms with Crippen molar-refractivity contribution < 1.29 is 13.9 Å². The van der Waals surface area contributed by atoms with Crippen LogP contribution in [0.2, 0.25) is 0 Å². The van der Waals surface area contributed by atoms with Crippen LogP contribution in [0.1, 0.15) is 10.4 Å². The van der Waals surface area contributed by atoms with Gasteiger partial charge in [-0.2, -0.15) is 0 Å². The molecule has 2 rings (SSSR count). The van der Waals surface area contributed by atoms with Gasteiger partial charge in [-0.05, 0) is 24.3 Å². The van der Waals surface area contributed by atoms with Crippen molar-refractivity contribution in [2.75, 3.05) is 19.1 Å². The zero-order chi connectivity index (χ0) is 13.8. The van der Waals surface area contributed by atoms with Crippen LogP contribution in [0.15, 0.2) is 42.5 Å². The first-order valence-electron chi connectivity index (χ1n) is 5.79. The van der Waals surface area contributed by atoms with Gasteiger partial charge in [0, 0.05) is 7.05 Å². The summed E-state index contributed by atoms with van der Waals surface area (Å²) in [5.74, 6) is 0.125. The number of ether oxygens (including phenoxy) is 1. The van der Waals surface area contributed by atoms with Crippen LogP contribution >= 0.6 is 0 Å². The van der Waals surface area contributed by atoms with Crippen molar-refractivity contribution in [3.8, 4) is 5.75 Å². The summed E-state index contributed by atoms with van der Waals surface area (Å²) in [5, 5.41) is 0. The third-order valence-electron chi connectivity index (χ3n) is 2.96. The summed E-state index contributed by atoms with van der Waals surface area (Å²) in [6.45, 7) is 0. The highest BCUT2D eigenvalue weighted by molar-refractivity contribution is 5.87. The molecule has 0 fully saturated rings. The number of hydrogen-bond acceptors (Lipinski definition) is 3. The van der Waals surface area contributed by atoms with Gasteiger partial charge in [-0.1, -0.05) is 18.2 Å². The fourth-order valence-corrected chi connectivity index (χ4v) is 1.97. The molecule has 0 heterocycles. The van der Waals surface area contributed by atoms with E-state index in [4.69, 9.17) is 4.74 Å². The molecule has 0 aliphatic heterocycles. The molecular formula is C15H14FNO2. The van der Waals surface area contributed by atoms with Crippen molar-refractivity contribution in [1.82, 2.24) is 0 Å². The van der Waals surface area contributed by atoms with E-state index in [9.17, 15) is 9.18 Å². The summed E-state index contributed by atoms with van der Waals surface area (Å²) < 4.78 is 18.9. The molecule has 4 heteroatoms. The average Bonchev–Trinajstić information content (AvgIpc) is 2.46. The molecule has 0 bridgehead atoms. The van der Waals surface area contributed by atoms with Crippen molar-refractivity contribution in [3.05, 3.63) is 53.8 Å². The Hall–Kier alpha value is -2.36. The Balaban J connectivity index is 2.53. The summed E-state index contributed by atoms with van der Waals surface area (Å²) in [6, 6.07) is 11.9. The van der Waals surface area contributed by atoms with Crippen LogP contribution in [0, 0.1) is 5.82 Å². The fraction of sp³-hybridized carbons (Fsp3) is 0.133. The predicted molar refractivity (Wildman–Crippen MR) is 72.8 cm³/mol. The number of aldehydes is 1. The topological polar surface area (TPSA) is 29.5 Å². The first kappa shape index (κ1) is 13.1. The Kier molecular flexibility index (Phi) is 3.80. The minimum Gasteiger partial charge on any atom is -0.495 e. The van der Waals surface area contributed by atoms with E-state index >= 15 is 0 Å². The van der Waals surface area contributed by atoms with Gasteiger partial charge < -0.3 is 9.64 Å². The molecule has 0 aromatic heterocycles. The minimum absolute atomic E-state index is 0.0379. The molecule has 0 radical (unpaired) electrons. The summed E-state index contributed by atoms with van der Waals surface area (Å²) >= 11 is 0. The van der Waals surface area contributed by atoms with Gasteiger partial charge in [0.05, 0.1) is 24.0 Å². The number of rotatable bonds is 4. The van der Waals surface area contributed by atoms with Crippen LogP contribution in [0.25, 0.3) is 0 Å². The average molecular weight is 259 g/mol. The fourth-order valence-electron chi connectivity index (χ4n) is 1.97. The number of benzene rings is 2. The summed E-state index contributed by atoms with van der Waals surface area (Å²) in [5.41, 5.74) is 1.30. The van der Waals surface area contributed by atoms with Crippen LogP contribution < -0.4 is 9.64 Å². The summed E-state index contributed by atoms with van der Waals surface area (Å²) in [6.07, 6.45) is 0.524. The van der Waals surface area contributed by atoms with Crippen LogP contribution in [-0.4, -0.2) is 20.4 Å². The molecule has 0 aliphatic rings. The quantitative estimate of drug-likeness (QED) is 0.788. The maximum Gasteiger partial charge on any atom is 0.155 e. The van der Waals surface area contributed by atoms with Crippen molar-refractivity contribution >= 4 is 17.7 Å². The monoisotopic (exact) mass is 259 g/mol. The molecular weight excluding hydrogens is 245 g/mol. The van der Waals surface area contributed by atoms with Crippen LogP contribution in [0.5, 0.6) is 5.75 Å². The molecule has 98 valence electrons. The van der Waals surface area contributed by atoms with E-state index in [0.717, 1.165) is 5.69 Å². The lowest BCUT2D eigenvalue weighted by molar-refractivity contribution is 0.112. The molecule has 3 nitrogen and oxygen atoms in total. The van der Waals surface area contributed by atoms with E-state index in [1.807, 2.05) is 24.3 Å². The van der Waals surface area contributed by atoms with Crippen molar-refractivity contribution in [2.45, 2.75) is 0 Å². The molecule has 0 saturated heterocycles. The molecule has 0 aliphatic carbocycles. The van der Waals surface area contributed by atoms with Crippen molar-refractivity contribution in [3.63, 3.8) is 0 Å². The van der Waals surface area contributed by atoms with E-state index in [2.05, 4.69) is 0 Å². The highest BCUT2D eigenvalue weighted by Gasteiger charge is 2.15. The number of hydrogen-bond donors (Lipinski definition) is 0. The molecule has 0 amide bonds.